The number of ether oxygens (including phenoxy) is 1. The second-order valence-electron chi connectivity index (χ2n) is 5.59. The first-order chi connectivity index (χ1) is 11.1. The van der Waals surface area contributed by atoms with Gasteiger partial charge in [0, 0.05) is 24.2 Å². The predicted octanol–water partition coefficient (Wildman–Crippen LogP) is 3.53. The van der Waals surface area contributed by atoms with Crippen LogP contribution in [0.15, 0.2) is 48.5 Å². The number of carbonyl (C=O) groups is 1. The summed E-state index contributed by atoms with van der Waals surface area (Å²) < 4.78 is 32.3. The average Bonchev–Trinajstić information content (AvgIpc) is 3.38. The summed E-state index contributed by atoms with van der Waals surface area (Å²) in [5.41, 5.74) is 0.311. The van der Waals surface area contributed by atoms with E-state index < -0.39 is 11.6 Å². The number of benzene rings is 2. The molecule has 0 atom stereocenters. The van der Waals surface area contributed by atoms with Crippen LogP contribution in [0.4, 0.5) is 8.78 Å². The maximum atomic E-state index is 13.8. The van der Waals surface area contributed by atoms with E-state index in [4.69, 9.17) is 4.74 Å². The number of carbonyl (C=O) groups excluding carboxylic acids is 1. The highest BCUT2D eigenvalue weighted by molar-refractivity contribution is 5.78. The van der Waals surface area contributed by atoms with Gasteiger partial charge in [-0.2, -0.15) is 0 Å². The Labute approximate surface area is 133 Å². The highest BCUT2D eigenvalue weighted by Crippen LogP contribution is 2.29. The molecule has 2 aromatic rings. The lowest BCUT2D eigenvalue weighted by molar-refractivity contribution is -0.134. The van der Waals surface area contributed by atoms with Crippen molar-refractivity contribution < 1.29 is 18.3 Å². The zero-order valence-corrected chi connectivity index (χ0v) is 12.5. The van der Waals surface area contributed by atoms with Crippen molar-refractivity contribution in [2.75, 3.05) is 6.61 Å². The van der Waals surface area contributed by atoms with Crippen LogP contribution >= 0.6 is 0 Å². The Bertz CT molecular complexity index is 687. The summed E-state index contributed by atoms with van der Waals surface area (Å²) in [7, 11) is 0. The fraction of sp³-hybridized carbons (Fsp3) is 0.278. The van der Waals surface area contributed by atoms with Gasteiger partial charge in [-0.1, -0.05) is 24.3 Å². The SMILES string of the molecule is O=C(COc1ccccc1)N(Cc1ccc(F)cc1F)C1CC1. The first-order valence-corrected chi connectivity index (χ1v) is 7.55. The van der Waals surface area contributed by atoms with Gasteiger partial charge in [-0.25, -0.2) is 8.78 Å². The molecule has 0 N–H and O–H groups in total. The number of hydrogen-bond donors (Lipinski definition) is 0. The number of para-hydroxylation sites is 1. The van der Waals surface area contributed by atoms with Crippen LogP contribution in [0, 0.1) is 11.6 Å². The number of halogens is 2. The van der Waals surface area contributed by atoms with Crippen LogP contribution in [-0.4, -0.2) is 23.5 Å². The summed E-state index contributed by atoms with van der Waals surface area (Å²) in [6, 6.07) is 12.6. The summed E-state index contributed by atoms with van der Waals surface area (Å²) in [6.45, 7) is 0.0388. The molecule has 5 heteroatoms. The van der Waals surface area contributed by atoms with E-state index in [0.717, 1.165) is 18.9 Å². The Morgan fingerprint density at radius 1 is 1.13 bits per heavy atom. The first-order valence-electron chi connectivity index (χ1n) is 7.55. The number of amides is 1. The van der Waals surface area contributed by atoms with E-state index >= 15 is 0 Å². The quantitative estimate of drug-likeness (QED) is 0.815. The Kier molecular flexibility index (Phi) is 4.55. The zero-order valence-electron chi connectivity index (χ0n) is 12.5. The van der Waals surface area contributed by atoms with E-state index in [2.05, 4.69) is 0 Å². The van der Waals surface area contributed by atoms with Crippen molar-refractivity contribution in [2.45, 2.75) is 25.4 Å². The van der Waals surface area contributed by atoms with Gasteiger partial charge >= 0.3 is 0 Å². The minimum atomic E-state index is -0.632. The van der Waals surface area contributed by atoms with Crippen LogP contribution in [-0.2, 0) is 11.3 Å². The highest BCUT2D eigenvalue weighted by Gasteiger charge is 2.33. The third kappa shape index (κ3) is 4.06. The van der Waals surface area contributed by atoms with Gasteiger partial charge < -0.3 is 9.64 Å². The molecule has 1 aliphatic carbocycles. The van der Waals surface area contributed by atoms with Gasteiger partial charge in [0.05, 0.1) is 0 Å². The van der Waals surface area contributed by atoms with Crippen molar-refractivity contribution in [3.63, 3.8) is 0 Å². The number of rotatable bonds is 6. The van der Waals surface area contributed by atoms with Crippen LogP contribution in [0.1, 0.15) is 18.4 Å². The molecule has 0 spiro atoms. The summed E-state index contributed by atoms with van der Waals surface area (Å²) >= 11 is 0. The Hall–Kier alpha value is -2.43. The van der Waals surface area contributed by atoms with Crippen LogP contribution in [0.25, 0.3) is 0 Å². The van der Waals surface area contributed by atoms with Crippen LogP contribution < -0.4 is 4.74 Å². The fourth-order valence-electron chi connectivity index (χ4n) is 2.39. The lowest BCUT2D eigenvalue weighted by atomic mass is 10.2. The van der Waals surface area contributed by atoms with Gasteiger partial charge in [-0.3, -0.25) is 4.79 Å². The molecule has 0 bridgehead atoms. The van der Waals surface area contributed by atoms with Crippen molar-refractivity contribution in [1.29, 1.82) is 0 Å². The van der Waals surface area contributed by atoms with E-state index in [1.54, 1.807) is 17.0 Å². The lowest BCUT2D eigenvalue weighted by Gasteiger charge is -2.23. The van der Waals surface area contributed by atoms with Crippen molar-refractivity contribution in [1.82, 2.24) is 4.90 Å². The maximum absolute atomic E-state index is 13.8. The van der Waals surface area contributed by atoms with Crippen LogP contribution in [0.5, 0.6) is 5.75 Å². The summed E-state index contributed by atoms with van der Waals surface area (Å²) in [6.07, 6.45) is 1.81. The summed E-state index contributed by atoms with van der Waals surface area (Å²) in [5, 5.41) is 0. The van der Waals surface area contributed by atoms with Crippen LogP contribution in [0.3, 0.4) is 0 Å². The largest absolute Gasteiger partial charge is 0.484 e. The molecule has 0 heterocycles. The molecule has 3 nitrogen and oxygen atoms in total. The average molecular weight is 317 g/mol. The normalized spacial score (nSPS) is 13.7. The van der Waals surface area contributed by atoms with Crippen LogP contribution in [0.2, 0.25) is 0 Å². The molecule has 1 amide bonds. The maximum Gasteiger partial charge on any atom is 0.261 e. The molecule has 0 aliphatic heterocycles. The minimum Gasteiger partial charge on any atom is -0.484 e. The first kappa shape index (κ1) is 15.5. The summed E-state index contributed by atoms with van der Waals surface area (Å²) in [5.74, 6) is -0.833. The second kappa shape index (κ2) is 6.77. The van der Waals surface area contributed by atoms with Crippen molar-refractivity contribution >= 4 is 5.91 Å². The van der Waals surface area contributed by atoms with Gasteiger partial charge in [-0.15, -0.1) is 0 Å². The van der Waals surface area contributed by atoms with Gasteiger partial charge in [0.25, 0.3) is 5.91 Å². The van der Waals surface area contributed by atoms with Gasteiger partial charge in [-0.05, 0) is 31.0 Å². The topological polar surface area (TPSA) is 29.5 Å². The third-order valence-corrected chi connectivity index (χ3v) is 3.77. The lowest BCUT2D eigenvalue weighted by Crippen LogP contribution is -2.36. The van der Waals surface area contributed by atoms with E-state index in [0.29, 0.717) is 11.3 Å². The molecular formula is C18H17F2NO2. The van der Waals surface area contributed by atoms with Gasteiger partial charge in [0.15, 0.2) is 6.61 Å². The standard InChI is InChI=1S/C18H17F2NO2/c19-14-7-6-13(17(20)10-14)11-21(15-8-9-15)18(22)12-23-16-4-2-1-3-5-16/h1-7,10,15H,8-9,11-12H2. The number of nitrogens with zero attached hydrogens (tertiary/aromatic N) is 1. The molecule has 0 aromatic heterocycles. The summed E-state index contributed by atoms with van der Waals surface area (Å²) in [4.78, 5) is 14.0. The highest BCUT2D eigenvalue weighted by atomic mass is 19.1. The molecule has 0 saturated heterocycles. The van der Waals surface area contributed by atoms with E-state index in [-0.39, 0.29) is 25.1 Å². The van der Waals surface area contributed by atoms with E-state index in [1.807, 2.05) is 18.2 Å². The molecule has 23 heavy (non-hydrogen) atoms. The fourth-order valence-corrected chi connectivity index (χ4v) is 2.39. The molecule has 2 aromatic carbocycles. The molecule has 120 valence electrons. The van der Waals surface area contributed by atoms with Crippen molar-refractivity contribution in [2.24, 2.45) is 0 Å². The van der Waals surface area contributed by atoms with E-state index in [9.17, 15) is 13.6 Å². The Morgan fingerprint density at radius 2 is 1.87 bits per heavy atom. The molecular weight excluding hydrogens is 300 g/mol. The van der Waals surface area contributed by atoms with E-state index in [1.165, 1.54) is 12.1 Å². The molecule has 1 saturated carbocycles. The molecule has 3 rings (SSSR count). The molecule has 1 fully saturated rings. The third-order valence-electron chi connectivity index (χ3n) is 3.77. The second-order valence-corrected chi connectivity index (χ2v) is 5.59. The smallest absolute Gasteiger partial charge is 0.261 e. The predicted molar refractivity (Wildman–Crippen MR) is 81.9 cm³/mol. The Morgan fingerprint density at radius 3 is 2.52 bits per heavy atom. The van der Waals surface area contributed by atoms with Crippen molar-refractivity contribution in [3.05, 3.63) is 65.7 Å². The van der Waals surface area contributed by atoms with Gasteiger partial charge in [0.1, 0.15) is 17.4 Å². The molecule has 1 aliphatic rings. The monoisotopic (exact) mass is 317 g/mol. The zero-order chi connectivity index (χ0) is 16.2. The molecule has 0 radical (unpaired) electrons. The number of hydrogen-bond acceptors (Lipinski definition) is 2. The van der Waals surface area contributed by atoms with Gasteiger partial charge in [0.2, 0.25) is 0 Å². The van der Waals surface area contributed by atoms with Crippen molar-refractivity contribution in [3.8, 4) is 5.75 Å². The minimum absolute atomic E-state index is 0.0939. The molecule has 0 unspecified atom stereocenters. The Balaban J connectivity index is 1.65.